The van der Waals surface area contributed by atoms with Crippen LogP contribution in [0.2, 0.25) is 6.85 Å². The van der Waals surface area contributed by atoms with Gasteiger partial charge in [-0.15, -0.1) is 0 Å². The Labute approximate surface area is 131 Å². The molecule has 4 atom stereocenters. The monoisotopic (exact) mass is 456 g/mol. The van der Waals surface area contributed by atoms with E-state index in [0.29, 0.717) is 0 Å². The van der Waals surface area contributed by atoms with Crippen molar-refractivity contribution >= 4 is 0 Å². The van der Waals surface area contributed by atoms with Crippen LogP contribution >= 0.6 is 0 Å². The molecular weight excluding hydrogens is 425 g/mol. The van der Waals surface area contributed by atoms with Gasteiger partial charge in [-0.2, -0.15) is 0 Å². The summed E-state index contributed by atoms with van der Waals surface area (Å²) in [5.74, 6) is 0. The average molecular weight is 455 g/mol. The van der Waals surface area contributed by atoms with E-state index in [-0.39, 0.29) is 11.2 Å². The molecule has 0 aromatic carbocycles. The fourth-order valence-electron chi connectivity index (χ4n) is 4.37. The van der Waals surface area contributed by atoms with Crippen molar-refractivity contribution in [3.63, 3.8) is 0 Å². The van der Waals surface area contributed by atoms with Gasteiger partial charge in [-0.25, -0.2) is 0 Å². The van der Waals surface area contributed by atoms with Crippen LogP contribution in [0.5, 0.6) is 0 Å². The van der Waals surface area contributed by atoms with Crippen LogP contribution in [0.1, 0.15) is 65.2 Å². The molecule has 0 heterocycles. The summed E-state index contributed by atoms with van der Waals surface area (Å²) in [6.45, 7) is 4.76. The molecule has 3 heteroatoms. The Morgan fingerprint density at radius 3 is 1.58 bits per heavy atom. The normalized spacial score (nSPS) is 43.8. The van der Waals surface area contributed by atoms with Gasteiger partial charge < -0.3 is 0 Å². The molecule has 2 aliphatic rings. The van der Waals surface area contributed by atoms with Gasteiger partial charge >= 0.3 is 132 Å². The maximum atomic E-state index is 5.95. The average Bonchev–Trinajstić information content (AvgIpc) is 2.44. The quantitative estimate of drug-likeness (QED) is 0.578. The fourth-order valence-corrected chi connectivity index (χ4v) is 17.9. The van der Waals surface area contributed by atoms with Gasteiger partial charge in [-0.1, -0.05) is 0 Å². The van der Waals surface area contributed by atoms with Crippen molar-refractivity contribution in [3.8, 4) is 0 Å². The van der Waals surface area contributed by atoms with Crippen molar-refractivity contribution in [3.05, 3.63) is 0 Å². The van der Waals surface area contributed by atoms with E-state index in [2.05, 4.69) is 13.8 Å². The minimum atomic E-state index is -1.03. The van der Waals surface area contributed by atoms with E-state index in [9.17, 15) is 0 Å². The molecule has 2 aliphatic carbocycles. The molecule has 108 valence electrons. The third kappa shape index (κ3) is 3.55. The first-order chi connectivity index (χ1) is 9.04. The van der Waals surface area contributed by atoms with Gasteiger partial charge in [0, 0.05) is 0 Å². The predicted octanol–water partition coefficient (Wildman–Crippen LogP) is 4.60. The van der Waals surface area contributed by atoms with Crippen LogP contribution in [0, 0.1) is 0 Å². The second-order valence-corrected chi connectivity index (χ2v) is 16.7. The molecule has 0 radical (unpaired) electrons. The second kappa shape index (κ2) is 6.74. The van der Waals surface area contributed by atoms with Crippen molar-refractivity contribution in [2.45, 2.75) is 83.3 Å². The standard InChI is InChI=1S/2C8H15O.Hg/c2*1-8(9-2)6-4-3-5-7-8;/h2*6H,3-5,7H2,1-2H3;. The first-order valence-corrected chi connectivity index (χ1v) is 14.5. The molecule has 0 saturated heterocycles. The molecule has 0 aromatic heterocycles. The summed E-state index contributed by atoms with van der Waals surface area (Å²) in [6.07, 6.45) is 11.0. The van der Waals surface area contributed by atoms with Gasteiger partial charge in [-0.05, 0) is 0 Å². The van der Waals surface area contributed by atoms with Crippen molar-refractivity contribution in [2.75, 3.05) is 14.2 Å². The van der Waals surface area contributed by atoms with Gasteiger partial charge in [0.1, 0.15) is 0 Å². The molecule has 2 fully saturated rings. The van der Waals surface area contributed by atoms with Gasteiger partial charge in [0.25, 0.3) is 0 Å². The molecule has 0 aromatic rings. The van der Waals surface area contributed by atoms with Gasteiger partial charge in [-0.3, -0.25) is 0 Å². The summed E-state index contributed by atoms with van der Waals surface area (Å²) >= 11 is -1.03. The van der Waals surface area contributed by atoms with Crippen LogP contribution in [-0.2, 0) is 34.0 Å². The number of rotatable bonds is 4. The van der Waals surface area contributed by atoms with Crippen LogP contribution in [0.15, 0.2) is 0 Å². The van der Waals surface area contributed by atoms with Crippen LogP contribution < -0.4 is 0 Å². The Kier molecular flexibility index (Phi) is 5.76. The number of methoxy groups -OCH3 is 2. The molecule has 19 heavy (non-hydrogen) atoms. The SMILES string of the molecule is COC1(C)CCCC[CH]1[Hg][CH]1CCCCC1(C)OC. The predicted molar refractivity (Wildman–Crippen MR) is 75.3 cm³/mol. The van der Waals surface area contributed by atoms with Crippen molar-refractivity contribution in [1.82, 2.24) is 0 Å². The van der Waals surface area contributed by atoms with Crippen LogP contribution in [-0.4, -0.2) is 25.4 Å². The van der Waals surface area contributed by atoms with E-state index < -0.39 is 24.6 Å². The Morgan fingerprint density at radius 2 is 1.21 bits per heavy atom. The molecular formula is C16H30HgO2. The van der Waals surface area contributed by atoms with E-state index in [1.54, 1.807) is 0 Å². The molecule has 0 spiro atoms. The Hall–Kier alpha value is 0.855. The zero-order chi connectivity index (χ0) is 13.9. The summed E-state index contributed by atoms with van der Waals surface area (Å²) in [6, 6.07) is 0. The summed E-state index contributed by atoms with van der Waals surface area (Å²) in [7, 11) is 3.87. The van der Waals surface area contributed by atoms with Crippen LogP contribution in [0.3, 0.4) is 0 Å². The molecule has 2 nitrogen and oxygen atoms in total. The van der Waals surface area contributed by atoms with Crippen molar-refractivity contribution < 1.29 is 34.0 Å². The Bertz CT molecular complexity index is 268. The third-order valence-electron chi connectivity index (χ3n) is 6.18. The van der Waals surface area contributed by atoms with E-state index >= 15 is 0 Å². The molecule has 0 bridgehead atoms. The summed E-state index contributed by atoms with van der Waals surface area (Å²) in [5, 5.41) is 0. The summed E-state index contributed by atoms with van der Waals surface area (Å²) in [4.78, 5) is 0. The zero-order valence-electron chi connectivity index (χ0n) is 13.3. The zero-order valence-corrected chi connectivity index (χ0v) is 18.8. The van der Waals surface area contributed by atoms with E-state index in [1.165, 1.54) is 51.4 Å². The molecule has 2 saturated carbocycles. The fraction of sp³-hybridized carbons (Fsp3) is 1.00. The molecule has 0 N–H and O–H groups in total. The van der Waals surface area contributed by atoms with E-state index in [0.717, 1.165) is 6.85 Å². The number of hydrogen-bond donors (Lipinski definition) is 0. The molecule has 0 amide bonds. The van der Waals surface area contributed by atoms with E-state index in [4.69, 9.17) is 9.47 Å². The van der Waals surface area contributed by atoms with E-state index in [1.807, 2.05) is 14.2 Å². The molecule has 0 aliphatic heterocycles. The van der Waals surface area contributed by atoms with Crippen LogP contribution in [0.4, 0.5) is 0 Å². The first-order valence-electron chi connectivity index (χ1n) is 8.14. The minimum absolute atomic E-state index is 0.200. The topological polar surface area (TPSA) is 18.5 Å². The first kappa shape index (κ1) is 16.2. The Morgan fingerprint density at radius 1 is 0.789 bits per heavy atom. The van der Waals surface area contributed by atoms with Crippen molar-refractivity contribution in [1.29, 1.82) is 0 Å². The Balaban J connectivity index is 2.05. The maximum absolute atomic E-state index is 5.95. The summed E-state index contributed by atoms with van der Waals surface area (Å²) in [5.41, 5.74) is 0.401. The third-order valence-corrected chi connectivity index (χ3v) is 20.5. The van der Waals surface area contributed by atoms with Gasteiger partial charge in [0.2, 0.25) is 0 Å². The molecule has 4 unspecified atom stereocenters. The second-order valence-electron chi connectivity index (χ2n) is 7.15. The summed E-state index contributed by atoms with van der Waals surface area (Å²) < 4.78 is 13.8. The van der Waals surface area contributed by atoms with Gasteiger partial charge in [0.05, 0.1) is 0 Å². The molecule has 2 rings (SSSR count). The number of hydrogen-bond acceptors (Lipinski definition) is 2. The van der Waals surface area contributed by atoms with Crippen molar-refractivity contribution in [2.24, 2.45) is 0 Å². The van der Waals surface area contributed by atoms with Crippen LogP contribution in [0.25, 0.3) is 0 Å². The number of ether oxygens (including phenoxy) is 2. The van der Waals surface area contributed by atoms with Gasteiger partial charge in [0.15, 0.2) is 0 Å².